The van der Waals surface area contributed by atoms with Crippen molar-refractivity contribution in [1.82, 2.24) is 20.1 Å². The summed E-state index contributed by atoms with van der Waals surface area (Å²) in [6, 6.07) is 11.9. The van der Waals surface area contributed by atoms with Crippen LogP contribution in [0.4, 0.5) is 0 Å². The van der Waals surface area contributed by atoms with Crippen LogP contribution in [-0.2, 0) is 4.79 Å². The van der Waals surface area contributed by atoms with E-state index in [1.807, 2.05) is 41.3 Å². The number of carbonyl (C=O) groups excluding carboxylic acids is 1. The van der Waals surface area contributed by atoms with Gasteiger partial charge in [0.2, 0.25) is 0 Å². The molecule has 2 aromatic rings. The Morgan fingerprint density at radius 3 is 2.79 bits per heavy atom. The maximum Gasteiger partial charge on any atom is 0.251 e. The number of para-hydroxylation sites is 2. The Hall–Kier alpha value is -3.06. The summed E-state index contributed by atoms with van der Waals surface area (Å²) in [6.45, 7) is 4.10. The molecular weight excluding hydrogens is 368 g/mol. The molecule has 1 saturated heterocycles. The Bertz CT molecular complexity index is 933. The second-order valence-corrected chi connectivity index (χ2v) is 7.68. The van der Waals surface area contributed by atoms with Gasteiger partial charge in [-0.05, 0) is 37.6 Å². The summed E-state index contributed by atoms with van der Waals surface area (Å²) in [5.41, 5.74) is 1.78. The number of aromatic nitrogens is 1. The van der Waals surface area contributed by atoms with E-state index in [1.54, 1.807) is 18.5 Å². The van der Waals surface area contributed by atoms with E-state index in [0.29, 0.717) is 19.2 Å². The number of carbonyl (C=O) groups is 1. The number of hydrogen-bond acceptors (Lipinski definition) is 6. The monoisotopic (exact) mass is 392 g/mol. The molecule has 0 bridgehead atoms. The molecule has 7 nitrogen and oxygen atoms in total. The normalized spacial score (nSPS) is 26.4. The molecule has 4 heterocycles. The van der Waals surface area contributed by atoms with Gasteiger partial charge in [0.1, 0.15) is 12.7 Å². The van der Waals surface area contributed by atoms with E-state index in [2.05, 4.69) is 22.1 Å². The minimum absolute atomic E-state index is 0.0311. The van der Waals surface area contributed by atoms with E-state index in [-0.39, 0.29) is 18.3 Å². The average molecular weight is 392 g/mol. The van der Waals surface area contributed by atoms with Crippen LogP contribution in [0, 0.1) is 0 Å². The zero-order valence-electron chi connectivity index (χ0n) is 16.3. The Morgan fingerprint density at radius 2 is 1.97 bits per heavy atom. The second kappa shape index (κ2) is 7.40. The lowest BCUT2D eigenvalue weighted by Gasteiger charge is -2.50. The molecule has 5 rings (SSSR count). The number of pyridine rings is 1. The van der Waals surface area contributed by atoms with E-state index in [4.69, 9.17) is 9.47 Å². The summed E-state index contributed by atoms with van der Waals surface area (Å²) in [4.78, 5) is 21.1. The van der Waals surface area contributed by atoms with Gasteiger partial charge >= 0.3 is 0 Å². The molecule has 3 atom stereocenters. The van der Waals surface area contributed by atoms with Crippen LogP contribution < -0.4 is 14.8 Å². The van der Waals surface area contributed by atoms with Gasteiger partial charge in [-0.1, -0.05) is 12.1 Å². The van der Waals surface area contributed by atoms with Crippen LogP contribution >= 0.6 is 0 Å². The van der Waals surface area contributed by atoms with Crippen molar-refractivity contribution in [2.75, 3.05) is 19.7 Å². The lowest BCUT2D eigenvalue weighted by atomic mass is 10.1. The quantitative estimate of drug-likeness (QED) is 0.863. The second-order valence-electron chi connectivity index (χ2n) is 7.68. The summed E-state index contributed by atoms with van der Waals surface area (Å²) < 4.78 is 12.1. The van der Waals surface area contributed by atoms with Crippen molar-refractivity contribution in [3.63, 3.8) is 0 Å². The third-order valence-corrected chi connectivity index (χ3v) is 5.77. The summed E-state index contributed by atoms with van der Waals surface area (Å²) in [5, 5.41) is 3.56. The van der Waals surface area contributed by atoms with Gasteiger partial charge in [-0.25, -0.2) is 0 Å². The molecule has 3 aliphatic heterocycles. The summed E-state index contributed by atoms with van der Waals surface area (Å²) >= 11 is 0. The third kappa shape index (κ3) is 3.42. The number of nitrogens with one attached hydrogen (secondary N) is 1. The Labute approximate surface area is 169 Å². The number of fused-ring (bicyclic) bond motifs is 2. The zero-order chi connectivity index (χ0) is 19.8. The zero-order valence-corrected chi connectivity index (χ0v) is 16.3. The number of nitrogens with zero attached hydrogens (tertiary/aromatic N) is 3. The number of ether oxygens (including phenoxy) is 2. The van der Waals surface area contributed by atoms with Gasteiger partial charge in [0, 0.05) is 48.9 Å². The molecule has 0 radical (unpaired) electrons. The number of amides is 1. The molecule has 0 spiro atoms. The smallest absolute Gasteiger partial charge is 0.251 e. The minimum atomic E-state index is -0.208. The molecule has 1 aromatic carbocycles. The van der Waals surface area contributed by atoms with Crippen LogP contribution in [0.1, 0.15) is 18.9 Å². The Kier molecular flexibility index (Phi) is 4.60. The predicted molar refractivity (Wildman–Crippen MR) is 108 cm³/mol. The van der Waals surface area contributed by atoms with E-state index >= 15 is 0 Å². The van der Waals surface area contributed by atoms with Crippen LogP contribution in [0.5, 0.6) is 11.5 Å². The van der Waals surface area contributed by atoms with Crippen molar-refractivity contribution in [1.29, 1.82) is 0 Å². The summed E-state index contributed by atoms with van der Waals surface area (Å²) in [6.07, 6.45) is 5.77. The standard InChI is InChI=1S/C22H24N4O3/c1-15-8-11-25-21(27)12-18(16-6-9-23-10-7-16)24-22(25)26(15)13-17-14-28-19-4-2-3-5-20(19)29-17/h2-7,9-10,12,15,17,22,24H,8,11,13-14H2,1H3. The minimum Gasteiger partial charge on any atom is -0.486 e. The first kappa shape index (κ1) is 18.0. The maximum absolute atomic E-state index is 12.8. The van der Waals surface area contributed by atoms with Crippen molar-refractivity contribution in [2.24, 2.45) is 0 Å². The third-order valence-electron chi connectivity index (χ3n) is 5.77. The fourth-order valence-electron chi connectivity index (χ4n) is 4.18. The molecule has 1 amide bonds. The molecule has 0 aliphatic carbocycles. The first-order valence-electron chi connectivity index (χ1n) is 10.0. The van der Waals surface area contributed by atoms with E-state index in [1.165, 1.54) is 0 Å². The van der Waals surface area contributed by atoms with Gasteiger partial charge in [-0.15, -0.1) is 0 Å². The van der Waals surface area contributed by atoms with Crippen molar-refractivity contribution in [2.45, 2.75) is 31.8 Å². The van der Waals surface area contributed by atoms with Crippen LogP contribution in [-0.4, -0.2) is 58.8 Å². The van der Waals surface area contributed by atoms with E-state index in [9.17, 15) is 4.79 Å². The van der Waals surface area contributed by atoms with Crippen molar-refractivity contribution >= 4 is 11.6 Å². The van der Waals surface area contributed by atoms with Gasteiger partial charge in [-0.2, -0.15) is 0 Å². The van der Waals surface area contributed by atoms with E-state index < -0.39 is 0 Å². The van der Waals surface area contributed by atoms with E-state index in [0.717, 1.165) is 35.7 Å². The van der Waals surface area contributed by atoms with Gasteiger partial charge in [0.15, 0.2) is 17.8 Å². The van der Waals surface area contributed by atoms with Gasteiger partial charge in [0.05, 0.1) is 0 Å². The Morgan fingerprint density at radius 1 is 1.17 bits per heavy atom. The average Bonchev–Trinajstić information content (AvgIpc) is 2.76. The summed E-state index contributed by atoms with van der Waals surface area (Å²) in [7, 11) is 0. The first-order valence-corrected chi connectivity index (χ1v) is 10.0. The fraction of sp³-hybridized carbons (Fsp3) is 0.364. The molecule has 1 N–H and O–H groups in total. The highest BCUT2D eigenvalue weighted by molar-refractivity contribution is 5.96. The predicted octanol–water partition coefficient (Wildman–Crippen LogP) is 2.07. The number of benzene rings is 1. The van der Waals surface area contributed by atoms with Crippen molar-refractivity contribution < 1.29 is 14.3 Å². The largest absolute Gasteiger partial charge is 0.486 e. The fourth-order valence-corrected chi connectivity index (χ4v) is 4.18. The highest BCUT2D eigenvalue weighted by Crippen LogP contribution is 2.32. The molecule has 29 heavy (non-hydrogen) atoms. The lowest BCUT2D eigenvalue weighted by molar-refractivity contribution is -0.142. The summed E-state index contributed by atoms with van der Waals surface area (Å²) in [5.74, 6) is 1.59. The Balaban J connectivity index is 1.37. The van der Waals surface area contributed by atoms with Crippen LogP contribution in [0.15, 0.2) is 54.9 Å². The van der Waals surface area contributed by atoms with Gasteiger partial charge in [-0.3, -0.25) is 14.7 Å². The maximum atomic E-state index is 12.8. The van der Waals surface area contributed by atoms with Crippen LogP contribution in [0.25, 0.3) is 5.70 Å². The highest BCUT2D eigenvalue weighted by Gasteiger charge is 2.40. The highest BCUT2D eigenvalue weighted by atomic mass is 16.6. The SMILES string of the molecule is CC1CCN2C(=O)C=C(c3ccncc3)NC2N1CC1COc2ccccc2O1. The van der Waals surface area contributed by atoms with Crippen molar-refractivity contribution in [3.05, 3.63) is 60.4 Å². The molecule has 3 aliphatic rings. The molecule has 7 heteroatoms. The van der Waals surface area contributed by atoms with Gasteiger partial charge in [0.25, 0.3) is 5.91 Å². The molecular formula is C22H24N4O3. The topological polar surface area (TPSA) is 66.9 Å². The number of rotatable bonds is 3. The molecule has 150 valence electrons. The van der Waals surface area contributed by atoms with Crippen LogP contribution in [0.2, 0.25) is 0 Å². The van der Waals surface area contributed by atoms with Crippen LogP contribution in [0.3, 0.4) is 0 Å². The lowest BCUT2D eigenvalue weighted by Crippen LogP contribution is -2.67. The number of hydrogen-bond donors (Lipinski definition) is 1. The van der Waals surface area contributed by atoms with Gasteiger partial charge < -0.3 is 19.7 Å². The molecule has 1 aromatic heterocycles. The molecule has 3 unspecified atom stereocenters. The first-order chi connectivity index (χ1) is 14.2. The molecule has 1 fully saturated rings. The van der Waals surface area contributed by atoms with Crippen molar-refractivity contribution in [3.8, 4) is 11.5 Å². The molecule has 0 saturated carbocycles.